The van der Waals surface area contributed by atoms with Crippen LogP contribution in [0.1, 0.15) is 56.7 Å². The molecule has 156 valence electrons. The van der Waals surface area contributed by atoms with Crippen molar-refractivity contribution in [2.75, 3.05) is 0 Å². The van der Waals surface area contributed by atoms with E-state index >= 15 is 0 Å². The fourth-order valence-electron chi connectivity index (χ4n) is 3.29. The highest BCUT2D eigenvalue weighted by atomic mass is 16.2. The lowest BCUT2D eigenvalue weighted by Crippen LogP contribution is -2.50. The molecule has 0 bridgehead atoms. The monoisotopic (exact) mass is 394 g/mol. The van der Waals surface area contributed by atoms with Gasteiger partial charge in [0.15, 0.2) is 0 Å². The lowest BCUT2D eigenvalue weighted by Gasteiger charge is -2.31. The number of benzene rings is 2. The second kappa shape index (κ2) is 11.4. The molecule has 0 saturated heterocycles. The molecule has 2 atom stereocenters. The molecule has 0 fully saturated rings. The summed E-state index contributed by atoms with van der Waals surface area (Å²) in [6.45, 7) is 8.49. The predicted octanol–water partition coefficient (Wildman–Crippen LogP) is 4.65. The zero-order valence-electron chi connectivity index (χ0n) is 18.2. The van der Waals surface area contributed by atoms with Crippen molar-refractivity contribution in [2.24, 2.45) is 0 Å². The van der Waals surface area contributed by atoms with Gasteiger partial charge in [-0.15, -0.1) is 0 Å². The maximum atomic E-state index is 13.2. The number of nitrogens with zero attached hydrogens (tertiary/aromatic N) is 1. The van der Waals surface area contributed by atoms with Gasteiger partial charge in [-0.3, -0.25) is 9.59 Å². The highest BCUT2D eigenvalue weighted by Gasteiger charge is 2.28. The van der Waals surface area contributed by atoms with Crippen molar-refractivity contribution >= 4 is 11.8 Å². The van der Waals surface area contributed by atoms with Crippen LogP contribution in [0.4, 0.5) is 0 Å². The van der Waals surface area contributed by atoms with Gasteiger partial charge in [-0.05, 0) is 44.2 Å². The van der Waals surface area contributed by atoms with Gasteiger partial charge in [0.05, 0.1) is 0 Å². The first-order valence-corrected chi connectivity index (χ1v) is 10.6. The van der Waals surface area contributed by atoms with Crippen LogP contribution < -0.4 is 5.32 Å². The van der Waals surface area contributed by atoms with Crippen LogP contribution in [0.25, 0.3) is 0 Å². The normalized spacial score (nSPS) is 12.8. The molecule has 2 rings (SSSR count). The quantitative estimate of drug-likeness (QED) is 0.638. The molecule has 2 aromatic carbocycles. The molecule has 29 heavy (non-hydrogen) atoms. The first-order chi connectivity index (χ1) is 13.9. The summed E-state index contributed by atoms with van der Waals surface area (Å²) >= 11 is 0. The number of hydrogen-bond acceptors (Lipinski definition) is 2. The maximum absolute atomic E-state index is 13.2. The average Bonchev–Trinajstić information content (AvgIpc) is 2.73. The van der Waals surface area contributed by atoms with Crippen LogP contribution >= 0.6 is 0 Å². The molecule has 0 aliphatic rings. The van der Waals surface area contributed by atoms with E-state index in [9.17, 15) is 9.59 Å². The van der Waals surface area contributed by atoms with E-state index < -0.39 is 6.04 Å². The highest BCUT2D eigenvalue weighted by molar-refractivity contribution is 5.87. The van der Waals surface area contributed by atoms with Gasteiger partial charge in [0, 0.05) is 19.0 Å². The largest absolute Gasteiger partial charge is 0.352 e. The van der Waals surface area contributed by atoms with Crippen molar-refractivity contribution in [2.45, 2.75) is 72.0 Å². The minimum atomic E-state index is -0.464. The Hall–Kier alpha value is -2.62. The van der Waals surface area contributed by atoms with Crippen molar-refractivity contribution in [3.05, 3.63) is 71.3 Å². The molecule has 1 N–H and O–H groups in total. The summed E-state index contributed by atoms with van der Waals surface area (Å²) in [5.41, 5.74) is 3.35. The van der Waals surface area contributed by atoms with Gasteiger partial charge >= 0.3 is 0 Å². The third-order valence-corrected chi connectivity index (χ3v) is 5.33. The summed E-state index contributed by atoms with van der Waals surface area (Å²) in [5.74, 6) is -0.0531. The second-order valence-corrected chi connectivity index (χ2v) is 7.73. The number of amides is 2. The molecule has 0 aliphatic heterocycles. The summed E-state index contributed by atoms with van der Waals surface area (Å²) in [6.07, 6.45) is 2.52. The van der Waals surface area contributed by atoms with E-state index in [-0.39, 0.29) is 17.9 Å². The van der Waals surface area contributed by atoms with E-state index in [4.69, 9.17) is 0 Å². The Kier molecular flexibility index (Phi) is 8.91. The van der Waals surface area contributed by atoms with Gasteiger partial charge < -0.3 is 10.2 Å². The molecule has 4 nitrogen and oxygen atoms in total. The molecule has 0 radical (unpaired) electrons. The Bertz CT molecular complexity index is 771. The van der Waals surface area contributed by atoms with Crippen molar-refractivity contribution in [3.8, 4) is 0 Å². The van der Waals surface area contributed by atoms with E-state index in [2.05, 4.69) is 5.32 Å². The van der Waals surface area contributed by atoms with Gasteiger partial charge in [-0.2, -0.15) is 0 Å². The van der Waals surface area contributed by atoms with Crippen molar-refractivity contribution < 1.29 is 9.59 Å². The van der Waals surface area contributed by atoms with Gasteiger partial charge in [-0.1, -0.05) is 74.0 Å². The van der Waals surface area contributed by atoms with E-state index in [1.165, 1.54) is 5.56 Å². The van der Waals surface area contributed by atoms with Crippen molar-refractivity contribution in [3.63, 3.8) is 0 Å². The number of rotatable bonds is 10. The summed E-state index contributed by atoms with van der Waals surface area (Å²) in [7, 11) is 0. The molecular weight excluding hydrogens is 360 g/mol. The molecular formula is C25H34N2O2. The molecule has 0 heterocycles. The number of hydrogen-bond donors (Lipinski definition) is 1. The van der Waals surface area contributed by atoms with E-state index in [1.807, 2.05) is 82.3 Å². The third-order valence-electron chi connectivity index (χ3n) is 5.33. The predicted molar refractivity (Wildman–Crippen MR) is 118 cm³/mol. The molecule has 0 aliphatic carbocycles. The van der Waals surface area contributed by atoms with Crippen molar-refractivity contribution in [1.29, 1.82) is 0 Å². The minimum Gasteiger partial charge on any atom is -0.352 e. The Labute approximate surface area is 175 Å². The summed E-state index contributed by atoms with van der Waals surface area (Å²) < 4.78 is 0. The van der Waals surface area contributed by atoms with Crippen LogP contribution in [0, 0.1) is 6.92 Å². The topological polar surface area (TPSA) is 49.4 Å². The summed E-state index contributed by atoms with van der Waals surface area (Å²) in [4.78, 5) is 27.9. The Balaban J connectivity index is 2.19. The maximum Gasteiger partial charge on any atom is 0.243 e. The smallest absolute Gasteiger partial charge is 0.243 e. The number of aryl methyl sites for hydroxylation is 2. The lowest BCUT2D eigenvalue weighted by atomic mass is 10.1. The molecule has 0 spiro atoms. The van der Waals surface area contributed by atoms with Crippen LogP contribution in [0.5, 0.6) is 0 Å². The molecule has 2 aromatic rings. The van der Waals surface area contributed by atoms with Gasteiger partial charge in [0.25, 0.3) is 0 Å². The van der Waals surface area contributed by atoms with Crippen LogP contribution in [0.15, 0.2) is 54.6 Å². The van der Waals surface area contributed by atoms with Crippen LogP contribution in [-0.4, -0.2) is 28.8 Å². The first-order valence-electron chi connectivity index (χ1n) is 10.6. The van der Waals surface area contributed by atoms with Gasteiger partial charge in [-0.25, -0.2) is 0 Å². The SMILES string of the molecule is CCC(C)NC(=O)C(CC)N(Cc1ccc(C)cc1)C(=O)CCc1ccccc1. The van der Waals surface area contributed by atoms with Crippen LogP contribution in [0.2, 0.25) is 0 Å². The summed E-state index contributed by atoms with van der Waals surface area (Å²) in [5, 5.41) is 3.05. The van der Waals surface area contributed by atoms with Gasteiger partial charge in [0.1, 0.15) is 6.04 Å². The molecule has 2 unspecified atom stereocenters. The first kappa shape index (κ1) is 22.7. The molecule has 0 saturated carbocycles. The van der Waals surface area contributed by atoms with Crippen LogP contribution in [0.3, 0.4) is 0 Å². The zero-order chi connectivity index (χ0) is 21.2. The minimum absolute atomic E-state index is 0.0144. The zero-order valence-corrected chi connectivity index (χ0v) is 18.2. The fraction of sp³-hybridized carbons (Fsp3) is 0.440. The number of nitrogens with one attached hydrogen (secondary N) is 1. The van der Waals surface area contributed by atoms with Crippen LogP contribution in [-0.2, 0) is 22.6 Å². The number of carbonyl (C=O) groups excluding carboxylic acids is 2. The Morgan fingerprint density at radius 2 is 1.59 bits per heavy atom. The average molecular weight is 395 g/mol. The third kappa shape index (κ3) is 7.04. The Morgan fingerprint density at radius 3 is 2.17 bits per heavy atom. The molecule has 2 amide bonds. The van der Waals surface area contributed by atoms with E-state index in [0.29, 0.717) is 25.8 Å². The van der Waals surface area contributed by atoms with E-state index in [1.54, 1.807) is 4.90 Å². The van der Waals surface area contributed by atoms with Gasteiger partial charge in [0.2, 0.25) is 11.8 Å². The lowest BCUT2D eigenvalue weighted by molar-refractivity contribution is -0.141. The summed E-state index contributed by atoms with van der Waals surface area (Å²) in [6, 6.07) is 17.8. The molecule has 4 heteroatoms. The van der Waals surface area contributed by atoms with E-state index in [0.717, 1.165) is 17.5 Å². The highest BCUT2D eigenvalue weighted by Crippen LogP contribution is 2.16. The number of carbonyl (C=O) groups is 2. The van der Waals surface area contributed by atoms with Crippen molar-refractivity contribution in [1.82, 2.24) is 10.2 Å². The Morgan fingerprint density at radius 1 is 0.931 bits per heavy atom. The second-order valence-electron chi connectivity index (χ2n) is 7.73. The molecule has 0 aromatic heterocycles. The standard InChI is InChI=1S/C25H34N2O2/c1-5-20(4)26-25(29)23(6-2)27(18-22-14-12-19(3)13-15-22)24(28)17-16-21-10-8-7-9-11-21/h7-15,20,23H,5-6,16-18H2,1-4H3,(H,26,29). The fourth-order valence-corrected chi connectivity index (χ4v) is 3.29.